The van der Waals surface area contributed by atoms with Crippen LogP contribution in [0.1, 0.15) is 32.6 Å². The smallest absolute Gasteiger partial charge is 0.123 e. The fourth-order valence-electron chi connectivity index (χ4n) is 1.42. The minimum absolute atomic E-state index is 0.221. The first-order valence-electron chi connectivity index (χ1n) is 5.74. The molecule has 1 aromatic rings. The lowest BCUT2D eigenvalue weighted by Gasteiger charge is -2.11. The van der Waals surface area contributed by atoms with E-state index in [9.17, 15) is 4.39 Å². The van der Waals surface area contributed by atoms with Gasteiger partial charge in [-0.3, -0.25) is 0 Å². The van der Waals surface area contributed by atoms with Crippen molar-refractivity contribution in [1.82, 2.24) is 0 Å². The Balaban J connectivity index is 2.20. The quantitative estimate of drug-likeness (QED) is 0.402. The number of hydrogen-bond donors (Lipinski definition) is 0. The van der Waals surface area contributed by atoms with Crippen molar-refractivity contribution in [1.29, 1.82) is 0 Å². The molecule has 0 saturated carbocycles. The van der Waals surface area contributed by atoms with E-state index in [1.54, 1.807) is 12.1 Å². The van der Waals surface area contributed by atoms with Gasteiger partial charge in [-0.25, -0.2) is 4.39 Å². The molecule has 0 N–H and O–H groups in total. The lowest BCUT2D eigenvalue weighted by molar-refractivity contribution is 0.315. The van der Waals surface area contributed by atoms with Crippen molar-refractivity contribution < 1.29 is 9.13 Å². The Morgan fingerprint density at radius 3 is 2.56 bits per heavy atom. The van der Waals surface area contributed by atoms with Gasteiger partial charge < -0.3 is 4.74 Å². The number of alkyl halides is 1. The molecule has 1 aromatic carbocycles. The molecule has 1 unspecified atom stereocenters. The largest absolute Gasteiger partial charge is 0.493 e. The van der Waals surface area contributed by atoms with Gasteiger partial charge in [0.05, 0.1) is 6.61 Å². The lowest BCUT2D eigenvalue weighted by atomic mass is 10.2. The molecule has 0 amide bonds. The van der Waals surface area contributed by atoms with Gasteiger partial charge in [-0.2, -0.15) is 0 Å². The zero-order valence-electron chi connectivity index (χ0n) is 9.59. The van der Waals surface area contributed by atoms with Gasteiger partial charge in [0.2, 0.25) is 0 Å². The predicted molar refractivity (Wildman–Crippen MR) is 73.8 cm³/mol. The number of rotatable bonds is 7. The number of ether oxygens (including phenoxy) is 1. The molecule has 0 aliphatic rings. The minimum Gasteiger partial charge on any atom is -0.493 e. The predicted octanol–water partition coefficient (Wildman–Crippen LogP) is 4.59. The monoisotopic (exact) mass is 336 g/mol. The maximum Gasteiger partial charge on any atom is 0.123 e. The van der Waals surface area contributed by atoms with Gasteiger partial charge >= 0.3 is 0 Å². The molecule has 0 aromatic heterocycles. The fraction of sp³-hybridized carbons (Fsp3) is 0.538. The first-order chi connectivity index (χ1) is 7.72. The molecule has 0 aliphatic carbocycles. The maximum absolute atomic E-state index is 12.6. The third kappa shape index (κ3) is 5.68. The Bertz CT molecular complexity index is 286. The molecule has 0 fully saturated rings. The highest BCUT2D eigenvalue weighted by molar-refractivity contribution is 14.1. The highest BCUT2D eigenvalue weighted by Gasteiger charge is 2.04. The Kier molecular flexibility index (Phi) is 6.76. The van der Waals surface area contributed by atoms with E-state index in [2.05, 4.69) is 29.5 Å². The number of unbranched alkanes of at least 4 members (excludes halogenated alkanes) is 2. The summed E-state index contributed by atoms with van der Waals surface area (Å²) in [5, 5.41) is 0. The number of hydrogen-bond acceptors (Lipinski definition) is 1. The van der Waals surface area contributed by atoms with Gasteiger partial charge in [0.1, 0.15) is 11.6 Å². The summed E-state index contributed by atoms with van der Waals surface area (Å²) < 4.78 is 18.7. The SMILES string of the molecule is CCCCCC(I)COc1ccc(F)cc1. The molecule has 1 atom stereocenters. The fourth-order valence-corrected chi connectivity index (χ4v) is 2.04. The van der Waals surface area contributed by atoms with Crippen LogP contribution in [0.5, 0.6) is 5.75 Å². The van der Waals surface area contributed by atoms with Crippen molar-refractivity contribution in [3.05, 3.63) is 30.1 Å². The summed E-state index contributed by atoms with van der Waals surface area (Å²) in [5.74, 6) is 0.528. The molecule has 1 rings (SSSR count). The van der Waals surface area contributed by atoms with E-state index in [1.165, 1.54) is 37.8 Å². The van der Waals surface area contributed by atoms with Crippen LogP contribution in [0, 0.1) is 5.82 Å². The van der Waals surface area contributed by atoms with Crippen molar-refractivity contribution in [3.63, 3.8) is 0 Å². The van der Waals surface area contributed by atoms with Gasteiger partial charge in [0, 0.05) is 3.92 Å². The number of halogens is 2. The molecule has 0 aliphatic heterocycles. The Hall–Kier alpha value is -0.320. The normalized spacial score (nSPS) is 12.4. The highest BCUT2D eigenvalue weighted by Crippen LogP contribution is 2.16. The summed E-state index contributed by atoms with van der Waals surface area (Å²) in [4.78, 5) is 0. The maximum atomic E-state index is 12.6. The summed E-state index contributed by atoms with van der Waals surface area (Å²) in [5.41, 5.74) is 0. The second kappa shape index (κ2) is 7.87. The van der Waals surface area contributed by atoms with Crippen molar-refractivity contribution in [2.75, 3.05) is 6.61 Å². The molecule has 0 spiro atoms. The van der Waals surface area contributed by atoms with Crippen LogP contribution < -0.4 is 4.74 Å². The van der Waals surface area contributed by atoms with Crippen LogP contribution in [-0.4, -0.2) is 10.5 Å². The molecule has 16 heavy (non-hydrogen) atoms. The zero-order chi connectivity index (χ0) is 11.8. The van der Waals surface area contributed by atoms with Crippen molar-refractivity contribution in [2.45, 2.75) is 36.5 Å². The second-order valence-electron chi connectivity index (χ2n) is 3.86. The highest BCUT2D eigenvalue weighted by atomic mass is 127. The Morgan fingerprint density at radius 1 is 1.25 bits per heavy atom. The first-order valence-corrected chi connectivity index (χ1v) is 6.99. The topological polar surface area (TPSA) is 9.23 Å². The van der Waals surface area contributed by atoms with E-state index >= 15 is 0 Å². The van der Waals surface area contributed by atoms with Crippen LogP contribution in [0.4, 0.5) is 4.39 Å². The van der Waals surface area contributed by atoms with E-state index in [1.807, 2.05) is 0 Å². The van der Waals surface area contributed by atoms with E-state index in [4.69, 9.17) is 4.74 Å². The van der Waals surface area contributed by atoms with Crippen LogP contribution in [0.15, 0.2) is 24.3 Å². The molecule has 3 heteroatoms. The van der Waals surface area contributed by atoms with Crippen LogP contribution in [0.2, 0.25) is 0 Å². The summed E-state index contributed by atoms with van der Waals surface area (Å²) >= 11 is 2.42. The summed E-state index contributed by atoms with van der Waals surface area (Å²) in [6, 6.07) is 6.19. The van der Waals surface area contributed by atoms with Crippen LogP contribution in [0.25, 0.3) is 0 Å². The summed E-state index contributed by atoms with van der Waals surface area (Å²) in [6.07, 6.45) is 4.99. The van der Waals surface area contributed by atoms with Gasteiger partial charge in [-0.15, -0.1) is 0 Å². The lowest BCUT2D eigenvalue weighted by Crippen LogP contribution is -2.10. The zero-order valence-corrected chi connectivity index (χ0v) is 11.7. The average molecular weight is 336 g/mol. The van der Waals surface area contributed by atoms with Gasteiger partial charge in [0.15, 0.2) is 0 Å². The van der Waals surface area contributed by atoms with Crippen LogP contribution >= 0.6 is 22.6 Å². The van der Waals surface area contributed by atoms with E-state index in [-0.39, 0.29) is 5.82 Å². The molecule has 0 bridgehead atoms. The van der Waals surface area contributed by atoms with Crippen molar-refractivity contribution >= 4 is 22.6 Å². The third-order valence-corrected chi connectivity index (χ3v) is 3.35. The standard InChI is InChI=1S/C13H18FIO/c1-2-3-4-5-12(15)10-16-13-8-6-11(14)7-9-13/h6-9,12H,2-5,10H2,1H3. The molecule has 0 saturated heterocycles. The molecular weight excluding hydrogens is 318 g/mol. The molecule has 1 nitrogen and oxygen atoms in total. The van der Waals surface area contributed by atoms with Crippen molar-refractivity contribution in [2.24, 2.45) is 0 Å². The molecular formula is C13H18FIO. The molecule has 0 radical (unpaired) electrons. The number of benzene rings is 1. The summed E-state index contributed by atoms with van der Waals surface area (Å²) in [7, 11) is 0. The van der Waals surface area contributed by atoms with Gasteiger partial charge in [-0.05, 0) is 30.7 Å². The minimum atomic E-state index is -0.221. The van der Waals surface area contributed by atoms with Gasteiger partial charge in [0.25, 0.3) is 0 Å². The Labute approximate surface area is 111 Å². The average Bonchev–Trinajstić information content (AvgIpc) is 2.29. The van der Waals surface area contributed by atoms with Crippen molar-refractivity contribution in [3.8, 4) is 5.75 Å². The Morgan fingerprint density at radius 2 is 1.94 bits per heavy atom. The van der Waals surface area contributed by atoms with Crippen LogP contribution in [0.3, 0.4) is 0 Å². The molecule has 90 valence electrons. The third-order valence-electron chi connectivity index (χ3n) is 2.37. The van der Waals surface area contributed by atoms with E-state index < -0.39 is 0 Å². The van der Waals surface area contributed by atoms with Gasteiger partial charge in [-0.1, -0.05) is 48.8 Å². The second-order valence-corrected chi connectivity index (χ2v) is 5.62. The van der Waals surface area contributed by atoms with E-state index in [0.29, 0.717) is 10.5 Å². The van der Waals surface area contributed by atoms with E-state index in [0.717, 1.165) is 5.75 Å². The van der Waals surface area contributed by atoms with Crippen LogP contribution in [-0.2, 0) is 0 Å². The summed E-state index contributed by atoms with van der Waals surface area (Å²) in [6.45, 7) is 2.91. The first kappa shape index (κ1) is 13.7. The molecule has 0 heterocycles.